The molecule has 0 unspecified atom stereocenters. The Morgan fingerprint density at radius 3 is 2.61 bits per heavy atom. The number of benzene rings is 2. The van der Waals surface area contributed by atoms with E-state index in [2.05, 4.69) is 28.1 Å². The van der Waals surface area contributed by atoms with Crippen LogP contribution in [-0.2, 0) is 11.3 Å². The van der Waals surface area contributed by atoms with E-state index in [1.165, 1.54) is 0 Å². The number of amides is 1. The number of nitrogens with one attached hydrogen (secondary N) is 1. The molecule has 1 heterocycles. The molecule has 0 radical (unpaired) electrons. The Balaban J connectivity index is 1.63. The highest BCUT2D eigenvalue weighted by Crippen LogP contribution is 2.28. The van der Waals surface area contributed by atoms with Gasteiger partial charge in [-0.2, -0.15) is 0 Å². The van der Waals surface area contributed by atoms with Crippen molar-refractivity contribution in [3.05, 3.63) is 54.1 Å². The van der Waals surface area contributed by atoms with E-state index in [4.69, 9.17) is 20.2 Å². The molecule has 166 valence electrons. The van der Waals surface area contributed by atoms with Crippen molar-refractivity contribution in [3.63, 3.8) is 0 Å². The first kappa shape index (κ1) is 22.3. The summed E-state index contributed by atoms with van der Waals surface area (Å²) in [6.45, 7) is 6.76. The third-order valence-corrected chi connectivity index (χ3v) is 5.03. The summed E-state index contributed by atoms with van der Waals surface area (Å²) in [5.74, 6) is 1.91. The number of ether oxygens (including phenoxy) is 2. The zero-order chi connectivity index (χ0) is 22.1. The van der Waals surface area contributed by atoms with Gasteiger partial charge in [-0.15, -0.1) is 0 Å². The molecule has 8 nitrogen and oxygen atoms in total. The summed E-state index contributed by atoms with van der Waals surface area (Å²) in [6.07, 6.45) is 0. The highest BCUT2D eigenvalue weighted by molar-refractivity contribution is 5.80. The van der Waals surface area contributed by atoms with Gasteiger partial charge in [-0.05, 0) is 36.8 Å². The number of nitrogens with zero attached hydrogens (tertiary/aromatic N) is 3. The maximum Gasteiger partial charge on any atom is 0.255 e. The molecule has 0 aromatic heterocycles. The number of aliphatic imine (C=N–C) groups is 1. The monoisotopic (exact) mass is 425 g/mol. The molecule has 0 atom stereocenters. The summed E-state index contributed by atoms with van der Waals surface area (Å²) in [7, 11) is 1.71. The van der Waals surface area contributed by atoms with Gasteiger partial charge in [0.2, 0.25) is 0 Å². The van der Waals surface area contributed by atoms with Crippen molar-refractivity contribution in [3.8, 4) is 11.5 Å². The van der Waals surface area contributed by atoms with Crippen LogP contribution in [0.3, 0.4) is 0 Å². The second-order valence-corrected chi connectivity index (χ2v) is 7.22. The fraction of sp³-hybridized carbons (Fsp3) is 0.391. The number of nitrogens with two attached hydrogens (primary N) is 1. The largest absolute Gasteiger partial charge is 0.495 e. The Morgan fingerprint density at radius 2 is 1.90 bits per heavy atom. The van der Waals surface area contributed by atoms with Gasteiger partial charge in [0.25, 0.3) is 5.91 Å². The normalized spacial score (nSPS) is 14.3. The molecule has 0 spiro atoms. The van der Waals surface area contributed by atoms with E-state index in [9.17, 15) is 4.79 Å². The number of carbonyl (C=O) groups excluding carboxylic acids is 1. The molecule has 3 N–H and O–H groups in total. The minimum absolute atomic E-state index is 0.133. The lowest BCUT2D eigenvalue weighted by molar-refractivity contribution is -0.119. The van der Waals surface area contributed by atoms with Crippen molar-refractivity contribution >= 4 is 17.6 Å². The molecule has 2 aromatic carbocycles. The van der Waals surface area contributed by atoms with Crippen molar-refractivity contribution in [2.75, 3.05) is 51.3 Å². The molecule has 0 aliphatic carbocycles. The summed E-state index contributed by atoms with van der Waals surface area (Å²) in [5, 5.41) is 3.39. The summed E-state index contributed by atoms with van der Waals surface area (Å²) in [5.41, 5.74) is 7.27. The number of anilines is 1. The highest BCUT2D eigenvalue weighted by Gasteiger charge is 2.21. The van der Waals surface area contributed by atoms with Crippen LogP contribution in [0.4, 0.5) is 5.69 Å². The maximum absolute atomic E-state index is 10.9. The number of rotatable bonds is 8. The Hall–Kier alpha value is -3.42. The van der Waals surface area contributed by atoms with Gasteiger partial charge in [0.1, 0.15) is 11.5 Å². The van der Waals surface area contributed by atoms with Gasteiger partial charge in [0.15, 0.2) is 12.6 Å². The van der Waals surface area contributed by atoms with Gasteiger partial charge >= 0.3 is 0 Å². The van der Waals surface area contributed by atoms with E-state index >= 15 is 0 Å². The number of para-hydroxylation sites is 2. The molecule has 1 amide bonds. The number of guanidine groups is 1. The topological polar surface area (TPSA) is 92.4 Å². The van der Waals surface area contributed by atoms with Crippen LogP contribution in [0.2, 0.25) is 0 Å². The molecule has 0 saturated carbocycles. The lowest BCUT2D eigenvalue weighted by Crippen LogP contribution is -2.52. The first-order chi connectivity index (χ1) is 15.1. The third kappa shape index (κ3) is 6.28. The number of piperazine rings is 1. The van der Waals surface area contributed by atoms with Gasteiger partial charge < -0.3 is 30.3 Å². The predicted molar refractivity (Wildman–Crippen MR) is 123 cm³/mol. The first-order valence-electron chi connectivity index (χ1n) is 10.5. The van der Waals surface area contributed by atoms with Crippen molar-refractivity contribution in [2.24, 2.45) is 10.7 Å². The number of primary amides is 1. The summed E-state index contributed by atoms with van der Waals surface area (Å²) >= 11 is 0. The average molecular weight is 426 g/mol. The quantitative estimate of drug-likeness (QED) is 0.495. The SMILES string of the molecule is CCNC(=NCc1cccc(OCC(N)=O)c1)N1CCN(c2ccccc2OC)CC1. The minimum Gasteiger partial charge on any atom is -0.495 e. The van der Waals surface area contributed by atoms with Crippen LogP contribution in [0.15, 0.2) is 53.5 Å². The minimum atomic E-state index is -0.495. The molecule has 31 heavy (non-hydrogen) atoms. The van der Waals surface area contributed by atoms with Crippen LogP contribution in [0.5, 0.6) is 11.5 Å². The molecule has 0 bridgehead atoms. The second-order valence-electron chi connectivity index (χ2n) is 7.22. The van der Waals surface area contributed by atoms with E-state index in [1.807, 2.05) is 36.4 Å². The van der Waals surface area contributed by atoms with Crippen molar-refractivity contribution in [1.82, 2.24) is 10.2 Å². The fourth-order valence-corrected chi connectivity index (χ4v) is 3.53. The Morgan fingerprint density at radius 1 is 1.13 bits per heavy atom. The van der Waals surface area contributed by atoms with Gasteiger partial charge in [0, 0.05) is 32.7 Å². The zero-order valence-corrected chi connectivity index (χ0v) is 18.2. The van der Waals surface area contributed by atoms with Crippen molar-refractivity contribution < 1.29 is 14.3 Å². The summed E-state index contributed by atoms with van der Waals surface area (Å²) in [4.78, 5) is 20.4. The van der Waals surface area contributed by atoms with E-state index in [0.717, 1.165) is 55.7 Å². The molecule has 1 aliphatic heterocycles. The standard InChI is InChI=1S/C23H31N5O3/c1-3-25-23(26-16-18-7-6-8-19(15-18)31-17-22(24)29)28-13-11-27(12-14-28)20-9-4-5-10-21(20)30-2/h4-10,15H,3,11-14,16-17H2,1-2H3,(H2,24,29)(H,25,26). The Bertz CT molecular complexity index is 894. The highest BCUT2D eigenvalue weighted by atomic mass is 16.5. The van der Waals surface area contributed by atoms with Crippen LogP contribution >= 0.6 is 0 Å². The maximum atomic E-state index is 10.9. The van der Waals surface area contributed by atoms with Gasteiger partial charge in [-0.1, -0.05) is 24.3 Å². The molecular formula is C23H31N5O3. The molecule has 2 aromatic rings. The summed E-state index contributed by atoms with van der Waals surface area (Å²) in [6, 6.07) is 15.7. The zero-order valence-electron chi connectivity index (χ0n) is 18.2. The smallest absolute Gasteiger partial charge is 0.255 e. The third-order valence-electron chi connectivity index (χ3n) is 5.03. The molecule has 1 saturated heterocycles. The van der Waals surface area contributed by atoms with E-state index < -0.39 is 5.91 Å². The second kappa shape index (κ2) is 11.1. The van der Waals surface area contributed by atoms with Crippen LogP contribution in [0, 0.1) is 0 Å². The molecule has 8 heteroatoms. The lowest BCUT2D eigenvalue weighted by Gasteiger charge is -2.38. The van der Waals surface area contributed by atoms with Crippen LogP contribution < -0.4 is 25.4 Å². The van der Waals surface area contributed by atoms with E-state index in [0.29, 0.717) is 12.3 Å². The number of hydrogen-bond acceptors (Lipinski definition) is 5. The van der Waals surface area contributed by atoms with Crippen molar-refractivity contribution in [1.29, 1.82) is 0 Å². The molecule has 1 aliphatic rings. The van der Waals surface area contributed by atoms with Crippen LogP contribution in [-0.4, -0.2) is 63.2 Å². The lowest BCUT2D eigenvalue weighted by atomic mass is 10.2. The Kier molecular flexibility index (Phi) is 7.98. The molecule has 3 rings (SSSR count). The number of carbonyl (C=O) groups is 1. The molecular weight excluding hydrogens is 394 g/mol. The van der Waals surface area contributed by atoms with Crippen LogP contribution in [0.25, 0.3) is 0 Å². The predicted octanol–water partition coefficient (Wildman–Crippen LogP) is 1.85. The summed E-state index contributed by atoms with van der Waals surface area (Å²) < 4.78 is 10.9. The average Bonchev–Trinajstić information content (AvgIpc) is 2.81. The molecule has 1 fully saturated rings. The van der Waals surface area contributed by atoms with Gasteiger partial charge in [-0.3, -0.25) is 4.79 Å². The number of hydrogen-bond donors (Lipinski definition) is 2. The van der Waals surface area contributed by atoms with Crippen molar-refractivity contribution in [2.45, 2.75) is 13.5 Å². The number of methoxy groups -OCH3 is 1. The fourth-order valence-electron chi connectivity index (χ4n) is 3.53. The van der Waals surface area contributed by atoms with E-state index in [1.54, 1.807) is 13.2 Å². The van der Waals surface area contributed by atoms with Gasteiger partial charge in [-0.25, -0.2) is 4.99 Å². The van der Waals surface area contributed by atoms with Crippen LogP contribution in [0.1, 0.15) is 12.5 Å². The van der Waals surface area contributed by atoms with Gasteiger partial charge in [0.05, 0.1) is 19.3 Å². The van der Waals surface area contributed by atoms with E-state index in [-0.39, 0.29) is 6.61 Å². The Labute approximate surface area is 183 Å². The first-order valence-corrected chi connectivity index (χ1v) is 10.5.